The molecule has 0 bridgehead atoms. The third-order valence-electron chi connectivity index (χ3n) is 7.23. The van der Waals surface area contributed by atoms with Gasteiger partial charge in [-0.05, 0) is 78.8 Å². The first-order valence-corrected chi connectivity index (χ1v) is 13.2. The van der Waals surface area contributed by atoms with E-state index in [0.29, 0.717) is 25.1 Å². The van der Waals surface area contributed by atoms with Crippen LogP contribution in [0.5, 0.6) is 0 Å². The summed E-state index contributed by atoms with van der Waals surface area (Å²) in [6, 6.07) is 9.18. The van der Waals surface area contributed by atoms with Crippen LogP contribution >= 0.6 is 48.0 Å². The second-order valence-corrected chi connectivity index (χ2v) is 10.5. The van der Waals surface area contributed by atoms with E-state index in [1.165, 1.54) is 28.3 Å². The van der Waals surface area contributed by atoms with E-state index in [0.717, 1.165) is 44.0 Å². The lowest BCUT2D eigenvalue weighted by atomic mass is 9.92. The Bertz CT molecular complexity index is 1330. The van der Waals surface area contributed by atoms with Gasteiger partial charge in [-0.3, -0.25) is 4.90 Å². The molecule has 0 radical (unpaired) electrons. The van der Waals surface area contributed by atoms with Crippen molar-refractivity contribution in [3.63, 3.8) is 0 Å². The van der Waals surface area contributed by atoms with Crippen molar-refractivity contribution in [2.75, 3.05) is 19.6 Å². The number of hydrogen-bond donors (Lipinski definition) is 1. The number of nitrogens with two attached hydrogens (primary N) is 1. The highest BCUT2D eigenvalue weighted by molar-refractivity contribution is 6.31. The number of nitrogens with zero attached hydrogens (tertiary/aromatic N) is 4. The van der Waals surface area contributed by atoms with Crippen molar-refractivity contribution in [2.45, 2.75) is 51.0 Å². The summed E-state index contributed by atoms with van der Waals surface area (Å²) < 4.78 is 44.0. The lowest BCUT2D eigenvalue weighted by molar-refractivity contribution is -0.699. The standard InChI is InChI=1S/C27H29Cl2F3N5.3ClH/c28-19-4-3-18-14-23-21(22(18)15-19)7-10-37(25(23)16-36-13-12-35(17-36)11-8-33)9-1-2-20-5-6-24(29)26(34-20)27(30,31)32;;;/h3-6,12-13,15,17,25H,1-2,7-11,14,16,33H2;3*1H/q+1;;;/p-1. The minimum atomic E-state index is -4.56. The van der Waals surface area contributed by atoms with Gasteiger partial charge in [0, 0.05) is 23.8 Å². The monoisotopic (exact) mass is 657 g/mol. The molecule has 2 N–H and O–H groups in total. The molecule has 5 rings (SSSR count). The molecule has 0 amide bonds. The van der Waals surface area contributed by atoms with Crippen LogP contribution in [-0.2, 0) is 32.1 Å². The summed E-state index contributed by atoms with van der Waals surface area (Å²) in [6.45, 7) is 3.75. The molecule has 0 spiro atoms. The molecular formula is C27H31Cl5F3N5. The quantitative estimate of drug-likeness (QED) is 0.379. The Morgan fingerprint density at radius 3 is 2.60 bits per heavy atom. The molecule has 0 fully saturated rings. The molecule has 5 nitrogen and oxygen atoms in total. The highest BCUT2D eigenvalue weighted by Gasteiger charge is 2.37. The summed E-state index contributed by atoms with van der Waals surface area (Å²) in [5.41, 5.74) is 10.5. The zero-order valence-corrected chi connectivity index (χ0v) is 25.4. The average molecular weight is 660 g/mol. The molecule has 1 aliphatic heterocycles. The molecule has 3 heterocycles. The molecule has 3 aromatic rings. The van der Waals surface area contributed by atoms with Crippen LogP contribution in [0, 0.1) is 0 Å². The maximum atomic E-state index is 13.2. The molecule has 1 atom stereocenters. The van der Waals surface area contributed by atoms with Gasteiger partial charge in [-0.25, -0.2) is 14.1 Å². The second-order valence-electron chi connectivity index (χ2n) is 9.66. The van der Waals surface area contributed by atoms with Crippen LogP contribution in [0.1, 0.15) is 35.4 Å². The number of hydrogen-bond acceptors (Lipinski definition) is 3. The Kier molecular flexibility index (Phi) is 12.6. The molecule has 1 aromatic carbocycles. The Balaban J connectivity index is 0.00000187. The summed E-state index contributed by atoms with van der Waals surface area (Å²) >= 11 is 12.1. The highest BCUT2D eigenvalue weighted by Crippen LogP contribution is 2.42. The summed E-state index contributed by atoms with van der Waals surface area (Å²) in [5, 5.41) is 0.375. The van der Waals surface area contributed by atoms with Crippen molar-refractivity contribution in [1.29, 1.82) is 0 Å². The SMILES string of the molecule is Cl.Cl.NCCn1cc[n+](CC2C3=C(CCN2CCCc2ccc(Cl)c(C(F)(F)F)n2)c2cc(Cl)ccc2C3)c1.[Cl-]. The van der Waals surface area contributed by atoms with Gasteiger partial charge in [0.25, 0.3) is 0 Å². The number of imidazole rings is 1. The maximum Gasteiger partial charge on any atom is 0.434 e. The third kappa shape index (κ3) is 7.65. The summed E-state index contributed by atoms with van der Waals surface area (Å²) in [7, 11) is 0. The van der Waals surface area contributed by atoms with Crippen LogP contribution < -0.4 is 22.7 Å². The molecule has 220 valence electrons. The van der Waals surface area contributed by atoms with E-state index in [1.54, 1.807) is 6.07 Å². The van der Waals surface area contributed by atoms with Gasteiger partial charge in [0.05, 0.1) is 11.1 Å². The molecule has 1 aliphatic carbocycles. The van der Waals surface area contributed by atoms with E-state index in [1.807, 2.05) is 12.3 Å². The van der Waals surface area contributed by atoms with Gasteiger partial charge < -0.3 is 18.1 Å². The van der Waals surface area contributed by atoms with Crippen molar-refractivity contribution in [3.8, 4) is 0 Å². The summed E-state index contributed by atoms with van der Waals surface area (Å²) in [5.74, 6) is 0. The van der Waals surface area contributed by atoms with E-state index < -0.39 is 11.9 Å². The highest BCUT2D eigenvalue weighted by atomic mass is 35.5. The molecule has 40 heavy (non-hydrogen) atoms. The first-order valence-electron chi connectivity index (χ1n) is 12.4. The molecule has 2 aromatic heterocycles. The molecule has 0 saturated heterocycles. The molecular weight excluding hydrogens is 629 g/mol. The summed E-state index contributed by atoms with van der Waals surface area (Å²) in [6.07, 6.45) is 4.58. The van der Waals surface area contributed by atoms with Crippen molar-refractivity contribution >= 4 is 53.6 Å². The Morgan fingerprint density at radius 2 is 1.88 bits per heavy atom. The van der Waals surface area contributed by atoms with Gasteiger partial charge in [0.2, 0.25) is 6.33 Å². The fourth-order valence-corrected chi connectivity index (χ4v) is 5.90. The number of rotatable bonds is 8. The topological polar surface area (TPSA) is 51.0 Å². The number of halogens is 8. The number of pyridine rings is 1. The van der Waals surface area contributed by atoms with Gasteiger partial charge >= 0.3 is 6.18 Å². The lowest BCUT2D eigenvalue weighted by Gasteiger charge is -2.36. The normalized spacial score (nSPS) is 16.5. The predicted octanol–water partition coefficient (Wildman–Crippen LogP) is 3.02. The van der Waals surface area contributed by atoms with Crippen molar-refractivity contribution in [1.82, 2.24) is 14.5 Å². The van der Waals surface area contributed by atoms with Gasteiger partial charge in [0.15, 0.2) is 5.69 Å². The molecule has 13 heteroatoms. The fourth-order valence-electron chi connectivity index (χ4n) is 5.52. The molecule has 0 saturated carbocycles. The van der Waals surface area contributed by atoms with Crippen LogP contribution in [0.3, 0.4) is 0 Å². The van der Waals surface area contributed by atoms with Crippen molar-refractivity contribution in [2.24, 2.45) is 5.73 Å². The maximum absolute atomic E-state index is 13.2. The predicted molar refractivity (Wildman–Crippen MR) is 153 cm³/mol. The van der Waals surface area contributed by atoms with E-state index in [2.05, 4.69) is 43.7 Å². The number of fused-ring (bicyclic) bond motifs is 2. The molecule has 2 aliphatic rings. The number of aryl methyl sites for hydroxylation is 1. The van der Waals surface area contributed by atoms with Crippen molar-refractivity contribution < 1.29 is 30.1 Å². The Hall–Kier alpha value is -1.52. The largest absolute Gasteiger partial charge is 1.00 e. The molecule has 1 unspecified atom stereocenters. The van der Waals surface area contributed by atoms with E-state index >= 15 is 0 Å². The van der Waals surface area contributed by atoms with E-state index in [9.17, 15) is 13.2 Å². The fraction of sp³-hybridized carbons (Fsp3) is 0.407. The Morgan fingerprint density at radius 1 is 1.10 bits per heavy atom. The van der Waals surface area contributed by atoms with E-state index in [-0.39, 0.29) is 48.3 Å². The van der Waals surface area contributed by atoms with Crippen LogP contribution in [0.25, 0.3) is 5.57 Å². The number of benzene rings is 1. The van der Waals surface area contributed by atoms with Gasteiger partial charge in [-0.15, -0.1) is 24.8 Å². The van der Waals surface area contributed by atoms with Crippen LogP contribution in [0.15, 0.2) is 54.6 Å². The van der Waals surface area contributed by atoms with Crippen LogP contribution in [0.2, 0.25) is 10.0 Å². The zero-order valence-electron chi connectivity index (χ0n) is 21.5. The van der Waals surface area contributed by atoms with Gasteiger partial charge in [-0.1, -0.05) is 29.3 Å². The van der Waals surface area contributed by atoms with Crippen molar-refractivity contribution in [3.05, 3.63) is 87.2 Å². The van der Waals surface area contributed by atoms with Gasteiger partial charge in [0.1, 0.15) is 25.5 Å². The smallest absolute Gasteiger partial charge is 0.434 e. The van der Waals surface area contributed by atoms with Crippen LogP contribution in [-0.4, -0.2) is 40.1 Å². The first-order chi connectivity index (χ1) is 17.7. The first kappa shape index (κ1) is 34.7. The van der Waals surface area contributed by atoms with Gasteiger partial charge in [-0.2, -0.15) is 13.2 Å². The number of alkyl halides is 3. The summed E-state index contributed by atoms with van der Waals surface area (Å²) in [4.78, 5) is 6.27. The third-order valence-corrected chi connectivity index (χ3v) is 7.77. The average Bonchev–Trinajstić information content (AvgIpc) is 3.45. The zero-order chi connectivity index (χ0) is 26.2. The Labute approximate surface area is 260 Å². The second kappa shape index (κ2) is 14.6. The lowest BCUT2D eigenvalue weighted by Crippen LogP contribution is -3.00. The van der Waals surface area contributed by atoms with E-state index in [4.69, 9.17) is 28.9 Å². The van der Waals surface area contributed by atoms with Crippen LogP contribution in [0.4, 0.5) is 13.2 Å². The minimum absolute atomic E-state index is 0. The minimum Gasteiger partial charge on any atom is -1.00 e. The number of aromatic nitrogens is 3.